The number of carbonyl (C=O) groups is 1. The molecule has 16 heteroatoms. The molecule has 0 aliphatic rings. The average Bonchev–Trinajstić information content (AvgIpc) is 3.50. The van der Waals surface area contributed by atoms with Crippen LogP contribution in [0.15, 0.2) is 60.7 Å². The van der Waals surface area contributed by atoms with Crippen LogP contribution in [0.1, 0.15) is 34.2 Å². The Kier molecular flexibility index (Phi) is 10.9. The van der Waals surface area contributed by atoms with Gasteiger partial charge in [-0.2, -0.15) is 27.8 Å². The van der Waals surface area contributed by atoms with E-state index in [0.717, 1.165) is 21.5 Å². The third-order valence-corrected chi connectivity index (χ3v) is 5.22. The summed E-state index contributed by atoms with van der Waals surface area (Å²) in [6.07, 6.45) is 0. The van der Waals surface area contributed by atoms with Crippen molar-refractivity contribution in [3.63, 3.8) is 0 Å². The summed E-state index contributed by atoms with van der Waals surface area (Å²) in [5, 5.41) is 14.9. The van der Waals surface area contributed by atoms with Gasteiger partial charge in [0.15, 0.2) is 5.69 Å². The number of aromatic nitrogens is 4. The molecule has 2 heterocycles. The monoisotopic (exact) mass is 598 g/mol. The van der Waals surface area contributed by atoms with Gasteiger partial charge in [-0.15, -0.1) is 0 Å². The lowest BCUT2D eigenvalue weighted by atomic mass is 10.2. The maximum atomic E-state index is 13.6. The first-order valence-electron chi connectivity index (χ1n) is 12.0. The average molecular weight is 599 g/mol. The molecule has 0 bridgehead atoms. The smallest absolute Gasteiger partial charge is 0.388 e. The number of nitrogens with zero attached hydrogens (tertiary/aromatic N) is 4. The van der Waals surface area contributed by atoms with E-state index in [1.807, 2.05) is 0 Å². The van der Waals surface area contributed by atoms with Crippen molar-refractivity contribution in [3.05, 3.63) is 94.8 Å². The molecule has 4 aromatic rings. The van der Waals surface area contributed by atoms with Crippen molar-refractivity contribution >= 4 is 11.8 Å². The summed E-state index contributed by atoms with van der Waals surface area (Å²) in [5.74, 6) is -2.80. The van der Waals surface area contributed by atoms with Crippen LogP contribution < -0.4 is 15.2 Å². The maximum absolute atomic E-state index is 13.6. The molecule has 4 rings (SSSR count). The van der Waals surface area contributed by atoms with Crippen LogP contribution in [-0.4, -0.2) is 51.2 Å². The molecule has 0 radical (unpaired) electrons. The van der Waals surface area contributed by atoms with Gasteiger partial charge in [-0.25, -0.2) is 22.9 Å². The Bertz CT molecular complexity index is 1510. The summed E-state index contributed by atoms with van der Waals surface area (Å²) < 4.78 is 92.0. The Morgan fingerprint density at radius 1 is 0.833 bits per heavy atom. The fourth-order valence-electron chi connectivity index (χ4n) is 3.41. The molecule has 2 aromatic carbocycles. The van der Waals surface area contributed by atoms with E-state index in [-0.39, 0.29) is 54.0 Å². The molecule has 2 aromatic heterocycles. The van der Waals surface area contributed by atoms with Crippen LogP contribution in [0.25, 0.3) is 0 Å². The SMILES string of the molecule is CCOC(=O)c1cc(OC(F)F)n(Cc2ccccc2F)n1.N=C(N)c1cc(OC(F)F)n(Cc2ccccc2F)n1. The minimum absolute atomic E-state index is 0.0167. The van der Waals surface area contributed by atoms with Gasteiger partial charge in [0.05, 0.1) is 19.7 Å². The highest BCUT2D eigenvalue weighted by atomic mass is 19.3. The van der Waals surface area contributed by atoms with Crippen molar-refractivity contribution in [1.82, 2.24) is 19.6 Å². The fraction of sp³-hybridized carbons (Fsp3) is 0.231. The molecule has 42 heavy (non-hydrogen) atoms. The van der Waals surface area contributed by atoms with Crippen LogP contribution in [0, 0.1) is 17.0 Å². The lowest BCUT2D eigenvalue weighted by Crippen LogP contribution is -2.13. The maximum Gasteiger partial charge on any atom is 0.388 e. The molecule has 224 valence electrons. The van der Waals surface area contributed by atoms with Crippen molar-refractivity contribution in [3.8, 4) is 11.8 Å². The number of halogens is 6. The van der Waals surface area contributed by atoms with E-state index >= 15 is 0 Å². The van der Waals surface area contributed by atoms with Gasteiger partial charge < -0.3 is 19.9 Å². The number of hydrogen-bond acceptors (Lipinski definition) is 7. The molecule has 0 spiro atoms. The molecule has 3 N–H and O–H groups in total. The topological polar surface area (TPSA) is 130 Å². The molecule has 0 saturated heterocycles. The number of hydrogen-bond donors (Lipinski definition) is 2. The summed E-state index contributed by atoms with van der Waals surface area (Å²) in [6, 6.07) is 13.8. The molecule has 0 atom stereocenters. The quantitative estimate of drug-likeness (QED) is 0.110. The third kappa shape index (κ3) is 8.74. The number of amidine groups is 1. The second-order valence-corrected chi connectivity index (χ2v) is 8.12. The van der Waals surface area contributed by atoms with Crippen molar-refractivity contribution < 1.29 is 45.3 Å². The minimum Gasteiger partial charge on any atom is -0.461 e. The number of nitrogens with one attached hydrogen (secondary N) is 1. The first kappa shape index (κ1) is 31.5. The van der Waals surface area contributed by atoms with Crippen LogP contribution >= 0.6 is 0 Å². The van der Waals surface area contributed by atoms with E-state index in [1.54, 1.807) is 19.1 Å². The van der Waals surface area contributed by atoms with Crippen molar-refractivity contribution in [1.29, 1.82) is 5.41 Å². The Morgan fingerprint density at radius 2 is 1.26 bits per heavy atom. The van der Waals surface area contributed by atoms with E-state index < -0.39 is 36.7 Å². The van der Waals surface area contributed by atoms with Crippen LogP contribution in [-0.2, 0) is 17.8 Å². The zero-order valence-corrected chi connectivity index (χ0v) is 21.8. The third-order valence-electron chi connectivity index (χ3n) is 5.22. The van der Waals surface area contributed by atoms with Crippen LogP contribution in [0.5, 0.6) is 11.8 Å². The Hall–Kier alpha value is -5.02. The van der Waals surface area contributed by atoms with Crippen molar-refractivity contribution in [2.24, 2.45) is 5.73 Å². The van der Waals surface area contributed by atoms with Gasteiger partial charge in [0.1, 0.15) is 23.2 Å². The first-order chi connectivity index (χ1) is 20.0. The number of nitrogen functional groups attached to an aromatic ring is 1. The van der Waals surface area contributed by atoms with Gasteiger partial charge in [0.25, 0.3) is 0 Å². The van der Waals surface area contributed by atoms with Gasteiger partial charge in [0, 0.05) is 23.3 Å². The van der Waals surface area contributed by atoms with Gasteiger partial charge in [-0.3, -0.25) is 5.41 Å². The molecular weight excluding hydrogens is 574 g/mol. The number of ether oxygens (including phenoxy) is 3. The Balaban J connectivity index is 0.000000231. The molecular formula is C26H24F6N6O4. The van der Waals surface area contributed by atoms with Crippen LogP contribution in [0.2, 0.25) is 0 Å². The molecule has 0 aliphatic carbocycles. The molecule has 0 fully saturated rings. The van der Waals surface area contributed by atoms with Crippen LogP contribution in [0.4, 0.5) is 26.3 Å². The number of esters is 1. The highest BCUT2D eigenvalue weighted by Gasteiger charge is 2.20. The highest BCUT2D eigenvalue weighted by molar-refractivity contribution is 5.93. The highest BCUT2D eigenvalue weighted by Crippen LogP contribution is 2.21. The number of benzene rings is 2. The summed E-state index contributed by atoms with van der Waals surface area (Å²) in [7, 11) is 0. The molecule has 0 amide bonds. The normalized spacial score (nSPS) is 10.8. The number of nitrogens with two attached hydrogens (primary N) is 1. The minimum atomic E-state index is -3.09. The van der Waals surface area contributed by atoms with E-state index in [2.05, 4.69) is 19.7 Å². The van der Waals surface area contributed by atoms with Crippen molar-refractivity contribution in [2.75, 3.05) is 6.61 Å². The van der Waals surface area contributed by atoms with E-state index in [0.29, 0.717) is 0 Å². The van der Waals surface area contributed by atoms with Crippen molar-refractivity contribution in [2.45, 2.75) is 33.2 Å². The summed E-state index contributed by atoms with van der Waals surface area (Å²) in [4.78, 5) is 11.6. The van der Waals surface area contributed by atoms with E-state index in [4.69, 9.17) is 15.9 Å². The summed E-state index contributed by atoms with van der Waals surface area (Å²) in [6.45, 7) is -4.69. The largest absolute Gasteiger partial charge is 0.461 e. The number of alkyl halides is 4. The first-order valence-corrected chi connectivity index (χ1v) is 12.0. The second kappa shape index (κ2) is 14.6. The second-order valence-electron chi connectivity index (χ2n) is 8.12. The Morgan fingerprint density at radius 3 is 1.67 bits per heavy atom. The van der Waals surface area contributed by atoms with E-state index in [9.17, 15) is 31.1 Å². The number of carbonyl (C=O) groups excluding carboxylic acids is 1. The lowest BCUT2D eigenvalue weighted by Gasteiger charge is -2.08. The Labute approximate surface area is 234 Å². The lowest BCUT2D eigenvalue weighted by molar-refractivity contribution is -0.0563. The predicted octanol–water partition coefficient (Wildman–Crippen LogP) is 4.80. The molecule has 0 saturated carbocycles. The summed E-state index contributed by atoms with van der Waals surface area (Å²) in [5.41, 5.74) is 5.51. The van der Waals surface area contributed by atoms with Crippen LogP contribution in [0.3, 0.4) is 0 Å². The zero-order valence-electron chi connectivity index (χ0n) is 21.8. The predicted molar refractivity (Wildman–Crippen MR) is 136 cm³/mol. The van der Waals surface area contributed by atoms with E-state index in [1.165, 1.54) is 36.4 Å². The summed E-state index contributed by atoms with van der Waals surface area (Å²) >= 11 is 0. The van der Waals surface area contributed by atoms with Gasteiger partial charge in [-0.05, 0) is 19.1 Å². The molecule has 0 unspecified atom stereocenters. The molecule has 0 aliphatic heterocycles. The van der Waals surface area contributed by atoms with Gasteiger partial charge in [0.2, 0.25) is 11.8 Å². The van der Waals surface area contributed by atoms with Gasteiger partial charge in [-0.1, -0.05) is 36.4 Å². The standard InChI is InChI=1S/C14H13F3N2O3.C12H11F3N4O/c1-2-21-13(20)11-7-12(22-14(16)17)19(18-11)8-9-5-3-4-6-10(9)15;13-8-4-2-1-3-7(8)6-19-10(20-12(14)15)5-9(18-19)11(16)17/h3-7,14H,2,8H2,1H3;1-5,12H,6H2,(H3,16,17). The van der Waals surface area contributed by atoms with Gasteiger partial charge >= 0.3 is 19.2 Å². The molecule has 10 nitrogen and oxygen atoms in total. The zero-order chi connectivity index (χ0) is 30.8. The number of rotatable bonds is 11. The fourth-order valence-corrected chi connectivity index (χ4v) is 3.41.